The van der Waals surface area contributed by atoms with Gasteiger partial charge in [0.15, 0.2) is 0 Å². The van der Waals surface area contributed by atoms with E-state index in [1.165, 1.54) is 31.4 Å². The summed E-state index contributed by atoms with van der Waals surface area (Å²) in [5.41, 5.74) is 0.758. The van der Waals surface area contributed by atoms with Crippen LogP contribution in [0, 0.1) is 5.82 Å². The molecule has 156 valence electrons. The third-order valence-electron chi connectivity index (χ3n) is 4.09. The molecule has 12 heteroatoms. The smallest absolute Gasteiger partial charge is 0.264 e. The number of rotatable bonds is 6. The SMILES string of the molecule is COc1ccc(NS(=O)(=O)c2cc3c(cc2F)NC(=O)CC3)cc1NS(C)(=O)=O. The van der Waals surface area contributed by atoms with E-state index in [1.807, 2.05) is 0 Å². The number of carbonyl (C=O) groups is 1. The molecular formula is C17H18FN3O6S2. The number of benzene rings is 2. The summed E-state index contributed by atoms with van der Waals surface area (Å²) in [5, 5.41) is 2.50. The van der Waals surface area contributed by atoms with Crippen molar-refractivity contribution in [1.82, 2.24) is 0 Å². The summed E-state index contributed by atoms with van der Waals surface area (Å²) < 4.78 is 72.4. The van der Waals surface area contributed by atoms with Crippen molar-refractivity contribution in [3.05, 3.63) is 41.7 Å². The molecule has 0 saturated heterocycles. The molecule has 2 aromatic rings. The molecule has 1 amide bonds. The van der Waals surface area contributed by atoms with Crippen molar-refractivity contribution in [2.24, 2.45) is 0 Å². The maximum Gasteiger partial charge on any atom is 0.264 e. The standard InChI is InChI=1S/C17H18FN3O6S2/c1-27-15-5-4-11(8-14(15)21-28(2,23)24)20-29(25,26)16-7-10-3-6-17(22)19-13(10)9-12(16)18/h4-5,7-9,20-21H,3,6H2,1-2H3,(H,19,22). The molecule has 1 heterocycles. The Hall–Kier alpha value is -2.86. The Kier molecular flexibility index (Phi) is 5.41. The molecule has 0 aliphatic carbocycles. The third kappa shape index (κ3) is 4.77. The zero-order valence-electron chi connectivity index (χ0n) is 15.4. The minimum absolute atomic E-state index is 0.00220. The number of hydrogen-bond acceptors (Lipinski definition) is 6. The van der Waals surface area contributed by atoms with Crippen LogP contribution in [0.25, 0.3) is 0 Å². The third-order valence-corrected chi connectivity index (χ3v) is 6.08. The first-order valence-corrected chi connectivity index (χ1v) is 11.7. The average molecular weight is 443 g/mol. The number of sulfonamides is 2. The number of carbonyl (C=O) groups excluding carboxylic acids is 1. The average Bonchev–Trinajstić information content (AvgIpc) is 2.59. The maximum atomic E-state index is 14.4. The molecule has 1 aliphatic rings. The number of aryl methyl sites for hydroxylation is 1. The molecule has 3 rings (SSSR count). The van der Waals surface area contributed by atoms with Crippen LogP contribution in [0.5, 0.6) is 5.75 Å². The van der Waals surface area contributed by atoms with Crippen molar-refractivity contribution < 1.29 is 30.8 Å². The van der Waals surface area contributed by atoms with E-state index in [0.29, 0.717) is 5.56 Å². The lowest BCUT2D eigenvalue weighted by Crippen LogP contribution is -2.21. The zero-order valence-corrected chi connectivity index (χ0v) is 17.1. The fraction of sp³-hybridized carbons (Fsp3) is 0.235. The molecule has 29 heavy (non-hydrogen) atoms. The number of fused-ring (bicyclic) bond motifs is 1. The van der Waals surface area contributed by atoms with Gasteiger partial charge in [-0.3, -0.25) is 14.2 Å². The van der Waals surface area contributed by atoms with Gasteiger partial charge in [-0.15, -0.1) is 0 Å². The lowest BCUT2D eigenvalue weighted by molar-refractivity contribution is -0.116. The molecule has 0 spiro atoms. The van der Waals surface area contributed by atoms with Gasteiger partial charge in [0.25, 0.3) is 10.0 Å². The van der Waals surface area contributed by atoms with Crippen LogP contribution >= 0.6 is 0 Å². The molecule has 2 aromatic carbocycles. The van der Waals surface area contributed by atoms with Crippen molar-refractivity contribution in [2.45, 2.75) is 17.7 Å². The second-order valence-corrected chi connectivity index (χ2v) is 9.78. The van der Waals surface area contributed by atoms with Crippen molar-refractivity contribution in [1.29, 1.82) is 0 Å². The Bertz CT molecular complexity index is 1200. The molecule has 0 atom stereocenters. The molecule has 0 radical (unpaired) electrons. The summed E-state index contributed by atoms with van der Waals surface area (Å²) in [6.45, 7) is 0. The van der Waals surface area contributed by atoms with E-state index >= 15 is 0 Å². The Balaban J connectivity index is 1.96. The fourth-order valence-corrected chi connectivity index (χ4v) is 4.57. The van der Waals surface area contributed by atoms with Crippen LogP contribution < -0.4 is 19.5 Å². The second kappa shape index (κ2) is 7.52. The molecule has 9 nitrogen and oxygen atoms in total. The second-order valence-electron chi connectivity index (χ2n) is 6.38. The van der Waals surface area contributed by atoms with Crippen molar-refractivity contribution in [3.8, 4) is 5.75 Å². The monoisotopic (exact) mass is 443 g/mol. The minimum Gasteiger partial charge on any atom is -0.495 e. The van der Waals surface area contributed by atoms with Gasteiger partial charge >= 0.3 is 0 Å². The molecule has 0 unspecified atom stereocenters. The first-order valence-electron chi connectivity index (χ1n) is 8.29. The Morgan fingerprint density at radius 2 is 1.79 bits per heavy atom. The van der Waals surface area contributed by atoms with E-state index in [0.717, 1.165) is 12.3 Å². The van der Waals surface area contributed by atoms with Crippen LogP contribution in [0.15, 0.2) is 35.2 Å². The predicted octanol–water partition coefficient (Wildman–Crippen LogP) is 1.89. The minimum atomic E-state index is -4.33. The predicted molar refractivity (Wildman–Crippen MR) is 106 cm³/mol. The van der Waals surface area contributed by atoms with Crippen molar-refractivity contribution >= 4 is 43.0 Å². The van der Waals surface area contributed by atoms with E-state index in [2.05, 4.69) is 14.8 Å². The summed E-state index contributed by atoms with van der Waals surface area (Å²) in [7, 11) is -6.65. The van der Waals surface area contributed by atoms with Gasteiger partial charge in [-0.2, -0.15) is 0 Å². The highest BCUT2D eigenvalue weighted by atomic mass is 32.2. The number of hydrogen-bond donors (Lipinski definition) is 3. The van der Waals surface area contributed by atoms with Gasteiger partial charge in [-0.1, -0.05) is 0 Å². The quantitative estimate of drug-likeness (QED) is 0.625. The van der Waals surface area contributed by atoms with Crippen molar-refractivity contribution in [3.63, 3.8) is 0 Å². The Labute approximate surface area is 167 Å². The highest BCUT2D eigenvalue weighted by Gasteiger charge is 2.25. The van der Waals surface area contributed by atoms with Crippen LogP contribution in [0.3, 0.4) is 0 Å². The number of nitrogens with one attached hydrogen (secondary N) is 3. The highest BCUT2D eigenvalue weighted by Crippen LogP contribution is 2.32. The molecule has 3 N–H and O–H groups in total. The first-order chi connectivity index (χ1) is 13.5. The van der Waals surface area contributed by atoms with E-state index in [1.54, 1.807) is 0 Å². The van der Waals surface area contributed by atoms with Crippen LogP contribution in [0.2, 0.25) is 0 Å². The summed E-state index contributed by atoms with van der Waals surface area (Å²) in [5.74, 6) is -1.12. The van der Waals surface area contributed by atoms with Gasteiger partial charge in [0.2, 0.25) is 15.9 Å². The largest absolute Gasteiger partial charge is 0.495 e. The van der Waals surface area contributed by atoms with Crippen LogP contribution in [0.4, 0.5) is 21.5 Å². The van der Waals surface area contributed by atoms with Gasteiger partial charge in [-0.05, 0) is 42.3 Å². The molecule has 1 aliphatic heterocycles. The number of amides is 1. The molecule has 0 fully saturated rings. The highest BCUT2D eigenvalue weighted by molar-refractivity contribution is 7.92. The van der Waals surface area contributed by atoms with Gasteiger partial charge in [0.05, 0.1) is 24.7 Å². The van der Waals surface area contributed by atoms with Gasteiger partial charge < -0.3 is 10.1 Å². The topological polar surface area (TPSA) is 131 Å². The lowest BCUT2D eigenvalue weighted by atomic mass is 10.0. The van der Waals surface area contributed by atoms with Gasteiger partial charge in [-0.25, -0.2) is 21.2 Å². The van der Waals surface area contributed by atoms with Crippen LogP contribution in [-0.4, -0.2) is 36.1 Å². The number of halogens is 1. The molecule has 0 aromatic heterocycles. The van der Waals surface area contributed by atoms with Crippen LogP contribution in [0.1, 0.15) is 12.0 Å². The number of anilines is 3. The summed E-state index contributed by atoms with van der Waals surface area (Å²) in [6.07, 6.45) is 1.39. The van der Waals surface area contributed by atoms with E-state index in [4.69, 9.17) is 4.74 Å². The van der Waals surface area contributed by atoms with E-state index < -0.39 is 30.8 Å². The summed E-state index contributed by atoms with van der Waals surface area (Å²) in [4.78, 5) is 10.8. The summed E-state index contributed by atoms with van der Waals surface area (Å²) >= 11 is 0. The fourth-order valence-electron chi connectivity index (χ4n) is 2.85. The first kappa shape index (κ1) is 20.9. The normalized spacial score (nSPS) is 14.0. The molecular weight excluding hydrogens is 425 g/mol. The van der Waals surface area contributed by atoms with E-state index in [-0.39, 0.29) is 41.6 Å². The molecule has 0 bridgehead atoms. The maximum absolute atomic E-state index is 14.4. The van der Waals surface area contributed by atoms with Gasteiger partial charge in [0.1, 0.15) is 16.5 Å². The zero-order chi connectivity index (χ0) is 21.4. The number of ether oxygens (including phenoxy) is 1. The summed E-state index contributed by atoms with van der Waals surface area (Å²) in [6, 6.07) is 6.07. The lowest BCUT2D eigenvalue weighted by Gasteiger charge is -2.19. The molecule has 0 saturated carbocycles. The van der Waals surface area contributed by atoms with Crippen molar-refractivity contribution in [2.75, 3.05) is 28.1 Å². The van der Waals surface area contributed by atoms with E-state index in [9.17, 15) is 26.0 Å². The van der Waals surface area contributed by atoms with Crippen LogP contribution in [-0.2, 0) is 31.3 Å². The van der Waals surface area contributed by atoms with Gasteiger partial charge in [0, 0.05) is 12.1 Å². The number of methoxy groups -OCH3 is 1. The Morgan fingerprint density at radius 1 is 1.07 bits per heavy atom. The Morgan fingerprint density at radius 3 is 2.45 bits per heavy atom.